The van der Waals surface area contributed by atoms with Crippen LogP contribution < -0.4 is 10.6 Å². The lowest BCUT2D eigenvalue weighted by atomic mass is 10.1. The van der Waals surface area contributed by atoms with Crippen LogP contribution in [0, 0.1) is 20.8 Å². The van der Waals surface area contributed by atoms with Crippen LogP contribution in [0.1, 0.15) is 27.0 Å². The van der Waals surface area contributed by atoms with E-state index in [9.17, 15) is 9.90 Å². The van der Waals surface area contributed by atoms with E-state index in [1.165, 1.54) is 11.9 Å². The minimum absolute atomic E-state index is 0.186. The molecule has 0 bridgehead atoms. The van der Waals surface area contributed by atoms with Crippen molar-refractivity contribution in [3.05, 3.63) is 71.0 Å². The fourth-order valence-electron chi connectivity index (χ4n) is 2.92. The van der Waals surface area contributed by atoms with Gasteiger partial charge in [-0.1, -0.05) is 29.8 Å². The first kappa shape index (κ1) is 17.4. The highest BCUT2D eigenvalue weighted by Gasteiger charge is 2.10. The lowest BCUT2D eigenvalue weighted by Gasteiger charge is -2.14. The number of carboxylic acid groups (broad SMARTS) is 1. The first-order valence-electron chi connectivity index (χ1n) is 8.20. The lowest BCUT2D eigenvalue weighted by molar-refractivity contribution is 0.0698. The van der Waals surface area contributed by atoms with Crippen LogP contribution in [0.25, 0.3) is 0 Å². The second-order valence-corrected chi connectivity index (χ2v) is 6.16. The Kier molecular flexibility index (Phi) is 4.84. The molecule has 0 saturated heterocycles. The predicted octanol–water partition coefficient (Wildman–Crippen LogP) is 4.59. The summed E-state index contributed by atoms with van der Waals surface area (Å²) in [5.74, 6) is 0.149. The second-order valence-electron chi connectivity index (χ2n) is 6.16. The summed E-state index contributed by atoms with van der Waals surface area (Å²) in [6, 6.07) is 12.7. The van der Waals surface area contributed by atoms with Crippen molar-refractivity contribution in [2.24, 2.45) is 0 Å². The number of rotatable bonds is 5. The molecular formula is C20H20N4O2. The Morgan fingerprint density at radius 2 is 1.54 bits per heavy atom. The average molecular weight is 348 g/mol. The normalized spacial score (nSPS) is 10.4. The quantitative estimate of drug-likeness (QED) is 0.625. The summed E-state index contributed by atoms with van der Waals surface area (Å²) < 4.78 is 0. The Morgan fingerprint density at radius 3 is 2.19 bits per heavy atom. The molecule has 2 aromatic carbocycles. The van der Waals surface area contributed by atoms with E-state index in [0.29, 0.717) is 17.3 Å². The van der Waals surface area contributed by atoms with Crippen LogP contribution in [-0.4, -0.2) is 21.0 Å². The number of aromatic carboxylic acids is 1. The monoisotopic (exact) mass is 348 g/mol. The summed E-state index contributed by atoms with van der Waals surface area (Å²) >= 11 is 0. The third kappa shape index (κ3) is 3.80. The number of benzene rings is 2. The fourth-order valence-corrected chi connectivity index (χ4v) is 2.92. The minimum atomic E-state index is -0.994. The number of aromatic nitrogens is 2. The molecule has 0 amide bonds. The largest absolute Gasteiger partial charge is 0.478 e. The highest BCUT2D eigenvalue weighted by atomic mass is 16.4. The highest BCUT2D eigenvalue weighted by Crippen LogP contribution is 2.26. The van der Waals surface area contributed by atoms with Crippen molar-refractivity contribution in [1.82, 2.24) is 9.97 Å². The van der Waals surface area contributed by atoms with Gasteiger partial charge in [0.05, 0.1) is 11.3 Å². The predicted molar refractivity (Wildman–Crippen MR) is 103 cm³/mol. The molecule has 0 spiro atoms. The standard InChI is InChI=1S/C20H20N4O2/c1-12-8-13(2)19(14(3)9-12)24-18-10-17(21-11-22-18)23-16-7-5-4-6-15(16)20(25)26/h4-11H,1-3H3,(H,25,26)(H2,21,22,23,24). The molecule has 26 heavy (non-hydrogen) atoms. The summed E-state index contributed by atoms with van der Waals surface area (Å²) in [5.41, 5.74) is 5.14. The van der Waals surface area contributed by atoms with Crippen molar-refractivity contribution in [1.29, 1.82) is 0 Å². The van der Waals surface area contributed by atoms with Gasteiger partial charge in [-0.3, -0.25) is 0 Å². The van der Waals surface area contributed by atoms with Crippen LogP contribution in [0.2, 0.25) is 0 Å². The number of aryl methyl sites for hydroxylation is 3. The number of para-hydroxylation sites is 1. The van der Waals surface area contributed by atoms with Gasteiger partial charge < -0.3 is 15.7 Å². The van der Waals surface area contributed by atoms with Crippen LogP contribution in [0.15, 0.2) is 48.8 Å². The van der Waals surface area contributed by atoms with Gasteiger partial charge in [-0.2, -0.15) is 0 Å². The van der Waals surface area contributed by atoms with Gasteiger partial charge in [0.2, 0.25) is 0 Å². The van der Waals surface area contributed by atoms with E-state index in [4.69, 9.17) is 0 Å². The minimum Gasteiger partial charge on any atom is -0.478 e. The zero-order valence-electron chi connectivity index (χ0n) is 14.9. The van der Waals surface area contributed by atoms with E-state index >= 15 is 0 Å². The zero-order chi connectivity index (χ0) is 18.7. The summed E-state index contributed by atoms with van der Waals surface area (Å²) in [6.07, 6.45) is 1.44. The molecule has 0 saturated carbocycles. The van der Waals surface area contributed by atoms with E-state index in [-0.39, 0.29) is 5.56 Å². The maximum absolute atomic E-state index is 11.3. The molecule has 3 N–H and O–H groups in total. The Morgan fingerprint density at radius 1 is 0.923 bits per heavy atom. The summed E-state index contributed by atoms with van der Waals surface area (Å²) in [6.45, 7) is 6.16. The number of nitrogens with zero attached hydrogens (tertiary/aromatic N) is 2. The Balaban J connectivity index is 1.87. The lowest BCUT2D eigenvalue weighted by Crippen LogP contribution is -2.04. The van der Waals surface area contributed by atoms with E-state index in [1.54, 1.807) is 30.3 Å². The van der Waals surface area contributed by atoms with Crippen LogP contribution >= 0.6 is 0 Å². The van der Waals surface area contributed by atoms with Crippen LogP contribution in [0.3, 0.4) is 0 Å². The van der Waals surface area contributed by atoms with Crippen molar-refractivity contribution in [3.63, 3.8) is 0 Å². The van der Waals surface area contributed by atoms with Gasteiger partial charge in [0.15, 0.2) is 0 Å². The number of carbonyl (C=O) groups is 1. The van der Waals surface area contributed by atoms with Crippen LogP contribution in [0.5, 0.6) is 0 Å². The number of carboxylic acids is 1. The Bertz CT molecular complexity index is 947. The molecular weight excluding hydrogens is 328 g/mol. The van der Waals surface area contributed by atoms with E-state index < -0.39 is 5.97 Å². The Labute approximate surface area is 152 Å². The molecule has 0 radical (unpaired) electrons. The number of anilines is 4. The second kappa shape index (κ2) is 7.23. The van der Waals surface area contributed by atoms with E-state index in [1.807, 2.05) is 13.8 Å². The molecule has 0 aliphatic heterocycles. The van der Waals surface area contributed by atoms with Gasteiger partial charge in [-0.05, 0) is 44.0 Å². The maximum atomic E-state index is 11.3. The zero-order valence-corrected chi connectivity index (χ0v) is 14.9. The molecule has 6 heteroatoms. The van der Waals surface area contributed by atoms with Gasteiger partial charge >= 0.3 is 5.97 Å². The first-order chi connectivity index (χ1) is 12.4. The van der Waals surface area contributed by atoms with Gasteiger partial charge in [0, 0.05) is 11.8 Å². The molecule has 3 aromatic rings. The Hall–Kier alpha value is -3.41. The van der Waals surface area contributed by atoms with Gasteiger partial charge in [0.25, 0.3) is 0 Å². The molecule has 6 nitrogen and oxygen atoms in total. The van der Waals surface area contributed by atoms with Crippen molar-refractivity contribution in [2.75, 3.05) is 10.6 Å². The third-order valence-corrected chi connectivity index (χ3v) is 4.02. The van der Waals surface area contributed by atoms with Gasteiger partial charge in [0.1, 0.15) is 18.0 Å². The molecule has 1 heterocycles. The molecule has 3 rings (SSSR count). The van der Waals surface area contributed by atoms with Crippen molar-refractivity contribution < 1.29 is 9.90 Å². The van der Waals surface area contributed by atoms with E-state index in [0.717, 1.165) is 16.8 Å². The van der Waals surface area contributed by atoms with Crippen LogP contribution in [0.4, 0.5) is 23.0 Å². The molecule has 0 aliphatic rings. The fraction of sp³-hybridized carbons (Fsp3) is 0.150. The van der Waals surface area contributed by atoms with Gasteiger partial charge in [-0.15, -0.1) is 0 Å². The number of hydrogen-bond acceptors (Lipinski definition) is 5. The van der Waals surface area contributed by atoms with Crippen LogP contribution in [-0.2, 0) is 0 Å². The average Bonchev–Trinajstić information content (AvgIpc) is 2.59. The summed E-state index contributed by atoms with van der Waals surface area (Å²) in [5, 5.41) is 15.7. The maximum Gasteiger partial charge on any atom is 0.337 e. The SMILES string of the molecule is Cc1cc(C)c(Nc2cc(Nc3ccccc3C(=O)O)ncn2)c(C)c1. The van der Waals surface area contributed by atoms with Crippen molar-refractivity contribution in [3.8, 4) is 0 Å². The summed E-state index contributed by atoms with van der Waals surface area (Å²) in [4.78, 5) is 19.8. The topological polar surface area (TPSA) is 87.1 Å². The smallest absolute Gasteiger partial charge is 0.337 e. The molecule has 0 fully saturated rings. The van der Waals surface area contributed by atoms with Gasteiger partial charge in [-0.25, -0.2) is 14.8 Å². The van der Waals surface area contributed by atoms with Crippen molar-refractivity contribution in [2.45, 2.75) is 20.8 Å². The molecule has 1 aromatic heterocycles. The van der Waals surface area contributed by atoms with Crippen molar-refractivity contribution >= 4 is 29.0 Å². The highest BCUT2D eigenvalue weighted by molar-refractivity contribution is 5.95. The first-order valence-corrected chi connectivity index (χ1v) is 8.20. The molecule has 132 valence electrons. The molecule has 0 aliphatic carbocycles. The molecule has 0 unspecified atom stereocenters. The van der Waals surface area contributed by atoms with E-state index in [2.05, 4.69) is 39.7 Å². The number of nitrogens with one attached hydrogen (secondary N) is 2. The molecule has 0 atom stereocenters. The third-order valence-electron chi connectivity index (χ3n) is 4.02. The summed E-state index contributed by atoms with van der Waals surface area (Å²) in [7, 11) is 0. The number of hydrogen-bond donors (Lipinski definition) is 3.